The maximum Gasteiger partial charge on any atom is 0.308 e. The number of nitrogens with one attached hydrogen (secondary N) is 2. The van der Waals surface area contributed by atoms with E-state index in [1.54, 1.807) is 20.8 Å². The van der Waals surface area contributed by atoms with E-state index in [-0.39, 0.29) is 0 Å². The Morgan fingerprint density at radius 2 is 1.88 bits per heavy atom. The zero-order valence-corrected chi connectivity index (χ0v) is 11.2. The predicted octanol–water partition coefficient (Wildman–Crippen LogP) is 0.462. The van der Waals surface area contributed by atoms with Crippen LogP contribution in [-0.2, 0) is 15.0 Å². The minimum atomic E-state index is -3.65. The van der Waals surface area contributed by atoms with Crippen molar-refractivity contribution < 1.29 is 18.3 Å². The number of carboxylic acids is 1. The first-order valence-electron chi connectivity index (χ1n) is 5.65. The second kappa shape index (κ2) is 4.91. The van der Waals surface area contributed by atoms with Crippen LogP contribution in [0.5, 0.6) is 0 Å². The summed E-state index contributed by atoms with van der Waals surface area (Å²) in [7, 11) is -3.65. The summed E-state index contributed by atoms with van der Waals surface area (Å²) < 4.78 is 28.4. The van der Waals surface area contributed by atoms with Crippen LogP contribution in [0.2, 0.25) is 0 Å². The van der Waals surface area contributed by atoms with Crippen molar-refractivity contribution in [3.63, 3.8) is 0 Å². The van der Waals surface area contributed by atoms with Gasteiger partial charge in [-0.2, -0.15) is 17.9 Å². The molecule has 17 heavy (non-hydrogen) atoms. The SMILES string of the molecule is CC(C)(C)NS(=O)(=O)NC1CCCC1C(=O)O. The normalized spacial score (nSPS) is 26.1. The number of carbonyl (C=O) groups is 1. The summed E-state index contributed by atoms with van der Waals surface area (Å²) >= 11 is 0. The van der Waals surface area contributed by atoms with Gasteiger partial charge in [-0.1, -0.05) is 6.42 Å². The molecule has 100 valence electrons. The third kappa shape index (κ3) is 4.61. The van der Waals surface area contributed by atoms with Gasteiger partial charge in [-0.25, -0.2) is 0 Å². The summed E-state index contributed by atoms with van der Waals surface area (Å²) in [5.41, 5.74) is -0.580. The Balaban J connectivity index is 2.68. The van der Waals surface area contributed by atoms with Gasteiger partial charge in [0.1, 0.15) is 0 Å². The molecule has 0 heterocycles. The first kappa shape index (κ1) is 14.4. The van der Waals surface area contributed by atoms with Crippen molar-refractivity contribution in [2.24, 2.45) is 5.92 Å². The van der Waals surface area contributed by atoms with Crippen LogP contribution in [0.25, 0.3) is 0 Å². The van der Waals surface area contributed by atoms with Gasteiger partial charge in [0.2, 0.25) is 0 Å². The van der Waals surface area contributed by atoms with Crippen molar-refractivity contribution in [1.29, 1.82) is 0 Å². The van der Waals surface area contributed by atoms with E-state index in [0.717, 1.165) is 6.42 Å². The number of aliphatic carboxylic acids is 1. The molecule has 1 aliphatic rings. The molecule has 0 spiro atoms. The Morgan fingerprint density at radius 1 is 1.29 bits per heavy atom. The zero-order valence-electron chi connectivity index (χ0n) is 10.4. The van der Waals surface area contributed by atoms with E-state index >= 15 is 0 Å². The van der Waals surface area contributed by atoms with Crippen LogP contribution in [-0.4, -0.2) is 31.1 Å². The van der Waals surface area contributed by atoms with Crippen molar-refractivity contribution >= 4 is 16.2 Å². The largest absolute Gasteiger partial charge is 0.481 e. The molecular formula is C10H20N2O4S. The second-order valence-corrected chi connectivity index (χ2v) is 6.90. The van der Waals surface area contributed by atoms with Crippen LogP contribution in [0, 0.1) is 5.92 Å². The summed E-state index contributed by atoms with van der Waals surface area (Å²) in [6.07, 6.45) is 1.83. The highest BCUT2D eigenvalue weighted by Crippen LogP contribution is 2.26. The van der Waals surface area contributed by atoms with E-state index in [2.05, 4.69) is 9.44 Å². The molecule has 0 amide bonds. The van der Waals surface area contributed by atoms with Crippen molar-refractivity contribution in [3.05, 3.63) is 0 Å². The molecule has 0 aromatic heterocycles. The molecular weight excluding hydrogens is 244 g/mol. The van der Waals surface area contributed by atoms with E-state index < -0.39 is 33.7 Å². The third-order valence-corrected chi connectivity index (χ3v) is 4.07. The van der Waals surface area contributed by atoms with Crippen molar-refractivity contribution in [1.82, 2.24) is 9.44 Å². The molecule has 0 aromatic carbocycles. The van der Waals surface area contributed by atoms with Gasteiger partial charge in [0.05, 0.1) is 5.92 Å². The summed E-state index contributed by atoms with van der Waals surface area (Å²) in [5, 5.41) is 8.96. The van der Waals surface area contributed by atoms with Crippen LogP contribution in [0.4, 0.5) is 0 Å². The lowest BCUT2D eigenvalue weighted by molar-refractivity contribution is -0.141. The molecule has 1 rings (SSSR count). The van der Waals surface area contributed by atoms with E-state index in [1.807, 2.05) is 0 Å². The van der Waals surface area contributed by atoms with Crippen LogP contribution < -0.4 is 9.44 Å². The van der Waals surface area contributed by atoms with Crippen LogP contribution in [0.15, 0.2) is 0 Å². The first-order valence-corrected chi connectivity index (χ1v) is 7.13. The summed E-state index contributed by atoms with van der Waals surface area (Å²) in [6.45, 7) is 5.20. The lowest BCUT2D eigenvalue weighted by atomic mass is 10.1. The van der Waals surface area contributed by atoms with Gasteiger partial charge in [-0.15, -0.1) is 0 Å². The highest BCUT2D eigenvalue weighted by Gasteiger charge is 2.36. The second-order valence-electron chi connectivity index (χ2n) is 5.46. The first-order chi connectivity index (χ1) is 7.61. The van der Waals surface area contributed by atoms with Gasteiger partial charge < -0.3 is 5.11 Å². The highest BCUT2D eigenvalue weighted by molar-refractivity contribution is 7.87. The highest BCUT2D eigenvalue weighted by atomic mass is 32.2. The zero-order chi connectivity index (χ0) is 13.3. The molecule has 1 saturated carbocycles. The standard InChI is InChI=1S/C10H20N2O4S/c1-10(2,3)12-17(15,16)11-8-6-4-5-7(8)9(13)14/h7-8,11-12H,4-6H2,1-3H3,(H,13,14). The van der Waals surface area contributed by atoms with Crippen LogP contribution >= 0.6 is 0 Å². The van der Waals surface area contributed by atoms with Crippen molar-refractivity contribution in [2.75, 3.05) is 0 Å². The molecule has 0 saturated heterocycles. The quantitative estimate of drug-likeness (QED) is 0.687. The van der Waals surface area contributed by atoms with Gasteiger partial charge >= 0.3 is 5.97 Å². The average molecular weight is 264 g/mol. The van der Waals surface area contributed by atoms with E-state index in [9.17, 15) is 13.2 Å². The third-order valence-electron chi connectivity index (χ3n) is 2.58. The van der Waals surface area contributed by atoms with Crippen molar-refractivity contribution in [2.45, 2.75) is 51.6 Å². The monoisotopic (exact) mass is 264 g/mol. The fourth-order valence-corrected chi connectivity index (χ4v) is 3.57. The fourth-order valence-electron chi connectivity index (χ4n) is 2.03. The number of rotatable bonds is 4. The molecule has 6 nitrogen and oxygen atoms in total. The van der Waals surface area contributed by atoms with E-state index in [4.69, 9.17) is 5.11 Å². The molecule has 0 bridgehead atoms. The predicted molar refractivity (Wildman–Crippen MR) is 63.7 cm³/mol. The summed E-state index contributed by atoms with van der Waals surface area (Å²) in [6, 6.07) is -0.507. The van der Waals surface area contributed by atoms with Gasteiger partial charge in [-0.05, 0) is 33.6 Å². The van der Waals surface area contributed by atoms with Gasteiger partial charge in [0, 0.05) is 11.6 Å². The van der Waals surface area contributed by atoms with E-state index in [0.29, 0.717) is 12.8 Å². The molecule has 2 unspecified atom stereocenters. The molecule has 0 aromatic rings. The Bertz CT molecular complexity index is 386. The molecule has 1 fully saturated rings. The number of hydrogen-bond donors (Lipinski definition) is 3. The van der Waals surface area contributed by atoms with Gasteiger partial charge in [0.25, 0.3) is 10.2 Å². The minimum absolute atomic E-state index is 0.507. The topological polar surface area (TPSA) is 95.5 Å². The maximum atomic E-state index is 11.8. The van der Waals surface area contributed by atoms with E-state index in [1.165, 1.54) is 0 Å². The maximum absolute atomic E-state index is 11.8. The lowest BCUT2D eigenvalue weighted by Crippen LogP contribution is -2.51. The molecule has 0 radical (unpaired) electrons. The smallest absolute Gasteiger partial charge is 0.308 e. The minimum Gasteiger partial charge on any atom is -0.481 e. The fraction of sp³-hybridized carbons (Fsp3) is 0.900. The number of hydrogen-bond acceptors (Lipinski definition) is 3. The Labute approximate surface area is 102 Å². The molecule has 1 aliphatic carbocycles. The molecule has 2 atom stereocenters. The Morgan fingerprint density at radius 3 is 2.35 bits per heavy atom. The number of carboxylic acid groups (broad SMARTS) is 1. The summed E-state index contributed by atoms with van der Waals surface area (Å²) in [5.74, 6) is -1.56. The van der Waals surface area contributed by atoms with Gasteiger partial charge in [0.15, 0.2) is 0 Å². The molecule has 7 heteroatoms. The molecule has 3 N–H and O–H groups in total. The summed E-state index contributed by atoms with van der Waals surface area (Å²) in [4.78, 5) is 10.9. The Kier molecular flexibility index (Phi) is 4.16. The van der Waals surface area contributed by atoms with Crippen molar-refractivity contribution in [3.8, 4) is 0 Å². The Hall–Kier alpha value is -0.660. The van der Waals surface area contributed by atoms with Crippen LogP contribution in [0.1, 0.15) is 40.0 Å². The molecule has 0 aliphatic heterocycles. The lowest BCUT2D eigenvalue weighted by Gasteiger charge is -2.24. The van der Waals surface area contributed by atoms with Gasteiger partial charge in [-0.3, -0.25) is 4.79 Å². The van der Waals surface area contributed by atoms with Crippen LogP contribution in [0.3, 0.4) is 0 Å². The average Bonchev–Trinajstić information content (AvgIpc) is 2.45.